The molecular formula is C19H23ClN2O3S2. The topological polar surface area (TPSA) is 58.6 Å². The molecule has 0 unspecified atom stereocenters. The van der Waals surface area contributed by atoms with Crippen LogP contribution >= 0.6 is 35.5 Å². The van der Waals surface area contributed by atoms with Gasteiger partial charge < -0.3 is 15.0 Å². The summed E-state index contributed by atoms with van der Waals surface area (Å²) in [7, 11) is 2.05. The van der Waals surface area contributed by atoms with Crippen LogP contribution in [-0.4, -0.2) is 43.2 Å². The summed E-state index contributed by atoms with van der Waals surface area (Å²) in [6.45, 7) is 3.77. The van der Waals surface area contributed by atoms with E-state index in [1.54, 1.807) is 30.8 Å². The minimum Gasteiger partial charge on any atom is -0.462 e. The number of hydrogen-bond acceptors (Lipinski definition) is 6. The van der Waals surface area contributed by atoms with E-state index in [1.807, 2.05) is 18.4 Å². The van der Waals surface area contributed by atoms with Gasteiger partial charge in [-0.1, -0.05) is 0 Å². The lowest BCUT2D eigenvalue weighted by Crippen LogP contribution is -2.26. The Morgan fingerprint density at radius 3 is 2.63 bits per heavy atom. The lowest BCUT2D eigenvalue weighted by molar-refractivity contribution is 0.0526. The molecule has 2 aromatic rings. The smallest absolute Gasteiger partial charge is 0.341 e. The number of rotatable bonds is 5. The Morgan fingerprint density at radius 2 is 2.00 bits per heavy atom. The van der Waals surface area contributed by atoms with Gasteiger partial charge in [0, 0.05) is 28.4 Å². The highest BCUT2D eigenvalue weighted by atomic mass is 35.5. The zero-order chi connectivity index (χ0) is 18.7. The number of ether oxygens (including phenoxy) is 1. The van der Waals surface area contributed by atoms with E-state index >= 15 is 0 Å². The van der Waals surface area contributed by atoms with E-state index < -0.39 is 0 Å². The first kappa shape index (κ1) is 21.8. The molecule has 0 atom stereocenters. The van der Waals surface area contributed by atoms with Gasteiger partial charge in [0.1, 0.15) is 5.00 Å². The minimum absolute atomic E-state index is 0. The molecule has 0 saturated carbocycles. The number of carbonyl (C=O) groups is 2. The Morgan fingerprint density at radius 1 is 1.30 bits per heavy atom. The summed E-state index contributed by atoms with van der Waals surface area (Å²) >= 11 is 3.10. The molecule has 1 aliphatic heterocycles. The van der Waals surface area contributed by atoms with Crippen molar-refractivity contribution in [3.05, 3.63) is 45.8 Å². The molecule has 1 aromatic heterocycles. The molecule has 1 amide bonds. The van der Waals surface area contributed by atoms with Crippen molar-refractivity contribution in [1.29, 1.82) is 0 Å². The standard InChI is InChI=1S/C19H22N2O3S2.ClH/c1-4-24-19(23)16-14-9-10-21(2)11-15(14)26-18(16)20-17(22)12-5-7-13(25-3)8-6-12;/h5-8H,4,9-11H2,1-3H3,(H,20,22);1H. The summed E-state index contributed by atoms with van der Waals surface area (Å²) in [6.07, 6.45) is 2.78. The quantitative estimate of drug-likeness (QED) is 0.570. The Hall–Kier alpha value is -1.54. The second-order valence-corrected chi connectivity index (χ2v) is 8.08. The Bertz CT molecular complexity index is 821. The van der Waals surface area contributed by atoms with E-state index in [-0.39, 0.29) is 24.3 Å². The van der Waals surface area contributed by atoms with Crippen molar-refractivity contribution in [1.82, 2.24) is 4.90 Å². The van der Waals surface area contributed by atoms with Crippen LogP contribution in [0.5, 0.6) is 0 Å². The van der Waals surface area contributed by atoms with Crippen molar-refractivity contribution in [3.63, 3.8) is 0 Å². The monoisotopic (exact) mass is 426 g/mol. The highest BCUT2D eigenvalue weighted by Gasteiger charge is 2.28. The average molecular weight is 427 g/mol. The van der Waals surface area contributed by atoms with Crippen molar-refractivity contribution in [2.45, 2.75) is 24.8 Å². The highest BCUT2D eigenvalue weighted by Crippen LogP contribution is 2.37. The third-order valence-electron chi connectivity index (χ3n) is 4.31. The Kier molecular flexibility index (Phi) is 7.73. The summed E-state index contributed by atoms with van der Waals surface area (Å²) in [5.74, 6) is -0.572. The Labute approximate surface area is 173 Å². The van der Waals surface area contributed by atoms with Crippen LogP contribution < -0.4 is 5.32 Å². The van der Waals surface area contributed by atoms with Crippen LogP contribution in [0.15, 0.2) is 29.2 Å². The molecule has 3 rings (SSSR count). The number of halogens is 1. The molecule has 0 fully saturated rings. The van der Waals surface area contributed by atoms with E-state index in [2.05, 4.69) is 17.3 Å². The van der Waals surface area contributed by atoms with Crippen LogP contribution in [0.1, 0.15) is 38.1 Å². The van der Waals surface area contributed by atoms with E-state index in [1.165, 1.54) is 11.3 Å². The van der Waals surface area contributed by atoms with Crippen molar-refractivity contribution in [3.8, 4) is 0 Å². The Balaban J connectivity index is 0.00000261. The predicted octanol–water partition coefficient (Wildman–Crippen LogP) is 4.31. The molecule has 1 aromatic carbocycles. The lowest BCUT2D eigenvalue weighted by atomic mass is 10.0. The molecule has 0 saturated heterocycles. The fourth-order valence-electron chi connectivity index (χ4n) is 2.96. The zero-order valence-corrected chi connectivity index (χ0v) is 18.0. The van der Waals surface area contributed by atoms with Crippen molar-refractivity contribution in [2.24, 2.45) is 0 Å². The van der Waals surface area contributed by atoms with Crippen molar-refractivity contribution >= 4 is 52.4 Å². The van der Waals surface area contributed by atoms with Crippen molar-refractivity contribution < 1.29 is 14.3 Å². The van der Waals surface area contributed by atoms with Gasteiger partial charge in [0.15, 0.2) is 0 Å². The number of nitrogens with zero attached hydrogens (tertiary/aromatic N) is 1. The molecule has 27 heavy (non-hydrogen) atoms. The van der Waals surface area contributed by atoms with E-state index in [0.717, 1.165) is 34.8 Å². The summed E-state index contributed by atoms with van der Waals surface area (Å²) in [6, 6.07) is 7.43. The number of esters is 1. The van der Waals surface area contributed by atoms with Gasteiger partial charge in [0.05, 0.1) is 12.2 Å². The van der Waals surface area contributed by atoms with Gasteiger partial charge in [-0.3, -0.25) is 4.79 Å². The van der Waals surface area contributed by atoms with Gasteiger partial charge in [0.25, 0.3) is 5.91 Å². The molecule has 0 spiro atoms. The maximum absolute atomic E-state index is 12.6. The zero-order valence-electron chi connectivity index (χ0n) is 15.5. The molecule has 5 nitrogen and oxygen atoms in total. The number of fused-ring (bicyclic) bond motifs is 1. The SMILES string of the molecule is CCOC(=O)c1c(NC(=O)c2ccc(SC)cc2)sc2c1CCN(C)C2.Cl. The number of carbonyl (C=O) groups excluding carboxylic acids is 2. The second-order valence-electron chi connectivity index (χ2n) is 6.10. The molecule has 1 aliphatic rings. The molecule has 0 radical (unpaired) electrons. The van der Waals surface area contributed by atoms with E-state index in [0.29, 0.717) is 22.7 Å². The number of amides is 1. The molecule has 2 heterocycles. The van der Waals surface area contributed by atoms with E-state index in [4.69, 9.17) is 4.74 Å². The number of anilines is 1. The fourth-order valence-corrected chi connectivity index (χ4v) is 4.68. The van der Waals surface area contributed by atoms with Gasteiger partial charge in [-0.25, -0.2) is 4.79 Å². The van der Waals surface area contributed by atoms with Gasteiger partial charge in [-0.15, -0.1) is 35.5 Å². The van der Waals surface area contributed by atoms with Crippen LogP contribution in [0.2, 0.25) is 0 Å². The number of benzene rings is 1. The van der Waals surface area contributed by atoms with Crippen LogP contribution in [0.4, 0.5) is 5.00 Å². The number of nitrogens with one attached hydrogen (secondary N) is 1. The predicted molar refractivity (Wildman–Crippen MR) is 114 cm³/mol. The normalized spacial score (nSPS) is 13.4. The highest BCUT2D eigenvalue weighted by molar-refractivity contribution is 7.98. The molecule has 146 valence electrons. The van der Waals surface area contributed by atoms with Crippen LogP contribution in [-0.2, 0) is 17.7 Å². The van der Waals surface area contributed by atoms with Crippen LogP contribution in [0.25, 0.3) is 0 Å². The van der Waals surface area contributed by atoms with Crippen molar-refractivity contribution in [2.75, 3.05) is 31.8 Å². The number of thiophene rings is 1. The largest absolute Gasteiger partial charge is 0.462 e. The number of hydrogen-bond donors (Lipinski definition) is 1. The molecule has 0 aliphatic carbocycles. The third-order valence-corrected chi connectivity index (χ3v) is 6.18. The first-order valence-electron chi connectivity index (χ1n) is 8.49. The summed E-state index contributed by atoms with van der Waals surface area (Å²) in [5.41, 5.74) is 2.11. The van der Waals surface area contributed by atoms with Crippen LogP contribution in [0, 0.1) is 0 Å². The van der Waals surface area contributed by atoms with Crippen LogP contribution in [0.3, 0.4) is 0 Å². The maximum Gasteiger partial charge on any atom is 0.341 e. The summed E-state index contributed by atoms with van der Waals surface area (Å²) < 4.78 is 5.24. The van der Waals surface area contributed by atoms with E-state index in [9.17, 15) is 9.59 Å². The molecule has 0 bridgehead atoms. The van der Waals surface area contributed by atoms with Gasteiger partial charge in [-0.05, 0) is 56.5 Å². The third kappa shape index (κ3) is 4.85. The second kappa shape index (κ2) is 9.59. The lowest BCUT2D eigenvalue weighted by Gasteiger charge is -2.22. The molecule has 8 heteroatoms. The first-order valence-corrected chi connectivity index (χ1v) is 10.5. The summed E-state index contributed by atoms with van der Waals surface area (Å²) in [4.78, 5) is 29.6. The summed E-state index contributed by atoms with van der Waals surface area (Å²) in [5, 5.41) is 3.51. The van der Waals surface area contributed by atoms with Gasteiger partial charge in [-0.2, -0.15) is 0 Å². The molecule has 1 N–H and O–H groups in total. The average Bonchev–Trinajstić information content (AvgIpc) is 2.98. The fraction of sp³-hybridized carbons (Fsp3) is 0.368. The first-order chi connectivity index (χ1) is 12.5. The van der Waals surface area contributed by atoms with Gasteiger partial charge >= 0.3 is 5.97 Å². The number of likely N-dealkylation sites (N-methyl/N-ethyl adjacent to an activating group) is 1. The minimum atomic E-state index is -0.359. The maximum atomic E-state index is 12.6. The number of thioether (sulfide) groups is 1. The van der Waals surface area contributed by atoms with Gasteiger partial charge in [0.2, 0.25) is 0 Å². The molecular weight excluding hydrogens is 404 g/mol.